The van der Waals surface area contributed by atoms with Crippen LogP contribution in [0, 0.1) is 5.41 Å². The molecule has 136 valence electrons. The molecule has 0 bridgehead atoms. The van der Waals surface area contributed by atoms with Gasteiger partial charge in [-0.25, -0.2) is 0 Å². The van der Waals surface area contributed by atoms with Crippen molar-refractivity contribution >= 4 is 5.97 Å². The second-order valence-electron chi connectivity index (χ2n) is 8.10. The van der Waals surface area contributed by atoms with Gasteiger partial charge in [0.1, 0.15) is 12.4 Å². The third kappa shape index (κ3) is 6.52. The van der Waals surface area contributed by atoms with Gasteiger partial charge < -0.3 is 14.6 Å². The molecule has 0 spiro atoms. The molecule has 4 nitrogen and oxygen atoms in total. The number of benzene rings is 1. The number of carbonyl (C=O) groups is 1. The summed E-state index contributed by atoms with van der Waals surface area (Å²) in [5, 5.41) is 8.69. The minimum atomic E-state index is -0.282. The Hall–Kier alpha value is -1.55. The Morgan fingerprint density at radius 1 is 1.17 bits per heavy atom. The number of esters is 1. The van der Waals surface area contributed by atoms with Crippen LogP contribution in [-0.4, -0.2) is 31.4 Å². The molecule has 0 aliphatic heterocycles. The van der Waals surface area contributed by atoms with Crippen LogP contribution in [0.2, 0.25) is 0 Å². The van der Waals surface area contributed by atoms with Crippen LogP contribution in [0.1, 0.15) is 58.6 Å². The molecule has 4 heteroatoms. The van der Waals surface area contributed by atoms with E-state index in [9.17, 15) is 4.79 Å². The van der Waals surface area contributed by atoms with Gasteiger partial charge in [0.05, 0.1) is 13.7 Å². The van der Waals surface area contributed by atoms with Crippen molar-refractivity contribution in [2.24, 2.45) is 5.41 Å². The van der Waals surface area contributed by atoms with Crippen LogP contribution in [0.3, 0.4) is 0 Å². The average Bonchev–Trinajstić information content (AvgIpc) is 2.48. The van der Waals surface area contributed by atoms with E-state index in [1.54, 1.807) is 7.11 Å². The predicted molar refractivity (Wildman–Crippen MR) is 96.5 cm³/mol. The molecule has 1 aromatic carbocycles. The van der Waals surface area contributed by atoms with Gasteiger partial charge in [0.15, 0.2) is 0 Å². The van der Waals surface area contributed by atoms with Crippen LogP contribution in [0.4, 0.5) is 0 Å². The average molecular weight is 336 g/mol. The van der Waals surface area contributed by atoms with Gasteiger partial charge in [-0.2, -0.15) is 0 Å². The van der Waals surface area contributed by atoms with Crippen molar-refractivity contribution in [1.82, 2.24) is 0 Å². The monoisotopic (exact) mass is 336 g/mol. The molecular formula is C20H32O4. The molecule has 24 heavy (non-hydrogen) atoms. The second-order valence-corrected chi connectivity index (χ2v) is 8.10. The van der Waals surface area contributed by atoms with Crippen LogP contribution in [-0.2, 0) is 21.4 Å². The zero-order chi connectivity index (χ0) is 18.4. The van der Waals surface area contributed by atoms with E-state index in [1.807, 2.05) is 12.1 Å². The van der Waals surface area contributed by atoms with E-state index < -0.39 is 0 Å². The Bertz CT molecular complexity index is 541. The second kappa shape index (κ2) is 8.52. The maximum atomic E-state index is 11.6. The minimum Gasteiger partial charge on any atom is -0.496 e. The highest BCUT2D eigenvalue weighted by molar-refractivity contribution is 5.69. The van der Waals surface area contributed by atoms with Gasteiger partial charge in [0.25, 0.3) is 0 Å². The first-order valence-electron chi connectivity index (χ1n) is 8.53. The van der Waals surface area contributed by atoms with Crippen molar-refractivity contribution in [3.8, 4) is 5.75 Å². The summed E-state index contributed by atoms with van der Waals surface area (Å²) in [5.41, 5.74) is 2.44. The van der Waals surface area contributed by atoms with E-state index in [0.29, 0.717) is 12.8 Å². The van der Waals surface area contributed by atoms with E-state index in [0.717, 1.165) is 17.7 Å². The predicted octanol–water partition coefficient (Wildman–Crippen LogP) is 3.88. The van der Waals surface area contributed by atoms with E-state index in [-0.39, 0.29) is 30.0 Å². The van der Waals surface area contributed by atoms with Crippen molar-refractivity contribution in [3.63, 3.8) is 0 Å². The smallest absolute Gasteiger partial charge is 0.306 e. The number of carbonyl (C=O) groups excluding carboxylic acids is 1. The molecule has 1 N–H and O–H groups in total. The Morgan fingerprint density at radius 2 is 1.83 bits per heavy atom. The van der Waals surface area contributed by atoms with Gasteiger partial charge >= 0.3 is 5.97 Å². The highest BCUT2D eigenvalue weighted by atomic mass is 16.5. The summed E-state index contributed by atoms with van der Waals surface area (Å²) in [5.74, 6) is 0.603. The number of ether oxygens (including phenoxy) is 2. The molecule has 1 aromatic rings. The standard InChI is InChI=1S/C20H32O4/c1-19(2,3)14-20(4,5)16-13-15(7-9-17(16)23-6)8-10-18(22)24-12-11-21/h7,9,13,21H,8,10-12,14H2,1-6H3. The Kier molecular flexibility index (Phi) is 7.27. The summed E-state index contributed by atoms with van der Waals surface area (Å²) < 4.78 is 10.5. The number of hydrogen-bond donors (Lipinski definition) is 1. The van der Waals surface area contributed by atoms with Gasteiger partial charge in [-0.1, -0.05) is 46.8 Å². The number of aliphatic hydroxyl groups excluding tert-OH is 1. The van der Waals surface area contributed by atoms with Gasteiger partial charge in [-0.15, -0.1) is 0 Å². The van der Waals surface area contributed by atoms with Crippen molar-refractivity contribution < 1.29 is 19.4 Å². The zero-order valence-corrected chi connectivity index (χ0v) is 15.9. The fourth-order valence-corrected chi connectivity index (χ4v) is 3.34. The molecule has 0 fully saturated rings. The molecule has 0 amide bonds. The minimum absolute atomic E-state index is 0.0308. The maximum Gasteiger partial charge on any atom is 0.306 e. The molecule has 0 saturated carbocycles. The summed E-state index contributed by atoms with van der Waals surface area (Å²) in [6, 6.07) is 6.12. The molecule has 0 saturated heterocycles. The normalized spacial score (nSPS) is 12.1. The Balaban J connectivity index is 2.94. The molecular weight excluding hydrogens is 304 g/mol. The molecule has 0 aliphatic carbocycles. The lowest BCUT2D eigenvalue weighted by molar-refractivity contribution is -0.144. The van der Waals surface area contributed by atoms with Gasteiger partial charge in [0, 0.05) is 12.0 Å². The van der Waals surface area contributed by atoms with E-state index >= 15 is 0 Å². The van der Waals surface area contributed by atoms with Crippen LogP contribution in [0.15, 0.2) is 18.2 Å². The van der Waals surface area contributed by atoms with E-state index in [1.165, 1.54) is 5.56 Å². The fourth-order valence-electron chi connectivity index (χ4n) is 3.34. The summed E-state index contributed by atoms with van der Waals surface area (Å²) in [4.78, 5) is 11.6. The highest BCUT2D eigenvalue weighted by Crippen LogP contribution is 2.40. The SMILES string of the molecule is COc1ccc(CCC(=O)OCCO)cc1C(C)(C)CC(C)(C)C. The highest BCUT2D eigenvalue weighted by Gasteiger charge is 2.30. The first-order valence-corrected chi connectivity index (χ1v) is 8.53. The first kappa shape index (κ1) is 20.5. The molecule has 0 heterocycles. The van der Waals surface area contributed by atoms with Crippen molar-refractivity contribution in [1.29, 1.82) is 0 Å². The Morgan fingerprint density at radius 3 is 2.38 bits per heavy atom. The van der Waals surface area contributed by atoms with E-state index in [2.05, 4.69) is 40.7 Å². The van der Waals surface area contributed by atoms with Gasteiger partial charge in [-0.3, -0.25) is 4.79 Å². The lowest BCUT2D eigenvalue weighted by Crippen LogP contribution is -2.25. The number of aryl methyl sites for hydroxylation is 1. The summed E-state index contributed by atoms with van der Waals surface area (Å²) >= 11 is 0. The lowest BCUT2D eigenvalue weighted by atomic mass is 9.71. The fraction of sp³-hybridized carbons (Fsp3) is 0.650. The molecule has 0 aromatic heterocycles. The zero-order valence-electron chi connectivity index (χ0n) is 15.9. The van der Waals surface area contributed by atoms with Crippen molar-refractivity contribution in [2.75, 3.05) is 20.3 Å². The molecule has 0 radical (unpaired) electrons. The van der Waals surface area contributed by atoms with E-state index in [4.69, 9.17) is 14.6 Å². The quantitative estimate of drug-likeness (QED) is 0.732. The number of rotatable bonds is 8. The number of methoxy groups -OCH3 is 1. The lowest BCUT2D eigenvalue weighted by Gasteiger charge is -2.34. The number of aliphatic hydroxyl groups is 1. The summed E-state index contributed by atoms with van der Waals surface area (Å²) in [6.07, 6.45) is 1.96. The molecule has 0 atom stereocenters. The van der Waals surface area contributed by atoms with Crippen LogP contribution >= 0.6 is 0 Å². The van der Waals surface area contributed by atoms with Crippen molar-refractivity contribution in [2.45, 2.75) is 59.3 Å². The topological polar surface area (TPSA) is 55.8 Å². The summed E-state index contributed by atoms with van der Waals surface area (Å²) in [6.45, 7) is 11.1. The Labute approximate surface area is 146 Å². The molecule has 0 unspecified atom stereocenters. The largest absolute Gasteiger partial charge is 0.496 e. The van der Waals surface area contributed by atoms with Gasteiger partial charge in [-0.05, 0) is 35.3 Å². The van der Waals surface area contributed by atoms with Crippen LogP contribution < -0.4 is 4.74 Å². The third-order valence-electron chi connectivity index (χ3n) is 3.94. The van der Waals surface area contributed by atoms with Gasteiger partial charge in [0.2, 0.25) is 0 Å². The summed E-state index contributed by atoms with van der Waals surface area (Å²) in [7, 11) is 1.69. The molecule has 0 aliphatic rings. The number of hydrogen-bond acceptors (Lipinski definition) is 4. The van der Waals surface area contributed by atoms with Crippen molar-refractivity contribution in [3.05, 3.63) is 29.3 Å². The van der Waals surface area contributed by atoms with Crippen LogP contribution in [0.5, 0.6) is 5.75 Å². The molecule has 1 rings (SSSR count). The third-order valence-corrected chi connectivity index (χ3v) is 3.94. The first-order chi connectivity index (χ1) is 11.1. The van der Waals surface area contributed by atoms with Crippen LogP contribution in [0.25, 0.3) is 0 Å². The maximum absolute atomic E-state index is 11.6.